The van der Waals surface area contributed by atoms with Crippen LogP contribution in [-0.2, 0) is 4.79 Å². The highest BCUT2D eigenvalue weighted by Crippen LogP contribution is 2.21. The van der Waals surface area contributed by atoms with Gasteiger partial charge in [-0.05, 0) is 18.1 Å². The average molecular weight is 203 g/mol. The maximum atomic E-state index is 11.7. The van der Waals surface area contributed by atoms with Gasteiger partial charge >= 0.3 is 0 Å². The summed E-state index contributed by atoms with van der Waals surface area (Å²) < 4.78 is 0. The van der Waals surface area contributed by atoms with Gasteiger partial charge in [0, 0.05) is 12.0 Å². The summed E-state index contributed by atoms with van der Waals surface area (Å²) in [6.07, 6.45) is 0. The molecule has 0 bridgehead atoms. The highest BCUT2D eigenvalue weighted by molar-refractivity contribution is 5.96. The van der Waals surface area contributed by atoms with Crippen LogP contribution in [0.2, 0.25) is 0 Å². The number of nitrogens with two attached hydrogens (primary N) is 1. The first-order chi connectivity index (χ1) is 7.04. The van der Waals surface area contributed by atoms with Crippen molar-refractivity contribution in [3.05, 3.63) is 48.0 Å². The van der Waals surface area contributed by atoms with E-state index in [1.807, 2.05) is 37.3 Å². The van der Waals surface area contributed by atoms with E-state index in [9.17, 15) is 4.79 Å². The van der Waals surface area contributed by atoms with Gasteiger partial charge in [-0.25, -0.2) is 0 Å². The minimum atomic E-state index is -0.254. The van der Waals surface area contributed by atoms with Crippen LogP contribution < -0.4 is 5.73 Å². The zero-order chi connectivity index (χ0) is 11.4. The second-order valence-corrected chi connectivity index (χ2v) is 3.87. The first-order valence-corrected chi connectivity index (χ1v) is 5.04. The first-order valence-electron chi connectivity index (χ1n) is 5.04. The van der Waals surface area contributed by atoms with Crippen LogP contribution >= 0.6 is 0 Å². The number of ketones is 1. The molecule has 0 fully saturated rings. The van der Waals surface area contributed by atoms with Gasteiger partial charge in [0.15, 0.2) is 5.78 Å². The van der Waals surface area contributed by atoms with E-state index in [4.69, 9.17) is 5.73 Å². The van der Waals surface area contributed by atoms with Crippen LogP contribution in [0.4, 0.5) is 0 Å². The molecule has 2 atom stereocenters. The lowest BCUT2D eigenvalue weighted by atomic mass is 9.89. The Balaban J connectivity index is 2.82. The van der Waals surface area contributed by atoms with Crippen molar-refractivity contribution in [2.24, 2.45) is 11.7 Å². The van der Waals surface area contributed by atoms with Crippen molar-refractivity contribution in [3.8, 4) is 0 Å². The molecule has 0 heterocycles. The Bertz CT molecular complexity index is 356. The maximum Gasteiger partial charge on any atom is 0.162 e. The summed E-state index contributed by atoms with van der Waals surface area (Å²) in [5.41, 5.74) is 7.56. The van der Waals surface area contributed by atoms with Crippen LogP contribution in [0.3, 0.4) is 0 Å². The van der Waals surface area contributed by atoms with E-state index in [-0.39, 0.29) is 17.7 Å². The number of carbonyl (C=O) groups is 1. The van der Waals surface area contributed by atoms with Crippen molar-refractivity contribution < 1.29 is 4.79 Å². The molecular formula is C13H17NO. The smallest absolute Gasteiger partial charge is 0.162 e. The summed E-state index contributed by atoms with van der Waals surface area (Å²) in [5.74, 6) is -0.184. The van der Waals surface area contributed by atoms with Gasteiger partial charge in [-0.15, -0.1) is 0 Å². The van der Waals surface area contributed by atoms with Crippen molar-refractivity contribution in [1.29, 1.82) is 0 Å². The van der Waals surface area contributed by atoms with Crippen LogP contribution in [0.25, 0.3) is 0 Å². The Morgan fingerprint density at radius 1 is 1.33 bits per heavy atom. The third kappa shape index (κ3) is 2.77. The van der Waals surface area contributed by atoms with Gasteiger partial charge in [-0.2, -0.15) is 0 Å². The Hall–Kier alpha value is -1.41. The summed E-state index contributed by atoms with van der Waals surface area (Å²) in [6, 6.07) is 9.40. The number of allylic oxidation sites excluding steroid dienone is 1. The average Bonchev–Trinajstić information content (AvgIpc) is 2.27. The zero-order valence-electron chi connectivity index (χ0n) is 9.23. The molecule has 1 aromatic rings. The van der Waals surface area contributed by atoms with Crippen LogP contribution in [0.15, 0.2) is 42.5 Å². The molecule has 1 aromatic carbocycles. The number of carbonyl (C=O) groups excluding carboxylic acids is 1. The maximum absolute atomic E-state index is 11.7. The van der Waals surface area contributed by atoms with Gasteiger partial charge in [-0.1, -0.05) is 43.8 Å². The Labute approximate surface area is 90.8 Å². The topological polar surface area (TPSA) is 43.1 Å². The van der Waals surface area contributed by atoms with E-state index in [1.165, 1.54) is 0 Å². The molecule has 0 saturated carbocycles. The highest BCUT2D eigenvalue weighted by Gasteiger charge is 2.21. The highest BCUT2D eigenvalue weighted by atomic mass is 16.1. The minimum absolute atomic E-state index is 0.0337. The molecule has 2 heteroatoms. The molecule has 0 aliphatic carbocycles. The van der Waals surface area contributed by atoms with Gasteiger partial charge in [0.1, 0.15) is 0 Å². The zero-order valence-corrected chi connectivity index (χ0v) is 9.23. The van der Waals surface area contributed by atoms with Gasteiger partial charge in [0.05, 0.1) is 0 Å². The number of Topliss-reactive ketones (excluding diaryl/α,β-unsaturated/α-hetero) is 1. The molecule has 1 rings (SSSR count). The van der Waals surface area contributed by atoms with Gasteiger partial charge in [0.2, 0.25) is 0 Å². The van der Waals surface area contributed by atoms with Crippen molar-refractivity contribution in [3.63, 3.8) is 0 Å². The van der Waals surface area contributed by atoms with Crippen LogP contribution in [-0.4, -0.2) is 5.78 Å². The molecule has 0 spiro atoms. The molecule has 0 aromatic heterocycles. The van der Waals surface area contributed by atoms with E-state index in [2.05, 4.69) is 6.58 Å². The fourth-order valence-corrected chi connectivity index (χ4v) is 1.52. The van der Waals surface area contributed by atoms with E-state index < -0.39 is 0 Å². The third-order valence-electron chi connectivity index (χ3n) is 2.56. The summed E-state index contributed by atoms with van der Waals surface area (Å²) >= 11 is 0. The summed E-state index contributed by atoms with van der Waals surface area (Å²) in [7, 11) is 0. The molecule has 0 aliphatic heterocycles. The molecular weight excluding hydrogens is 186 g/mol. The van der Waals surface area contributed by atoms with Crippen LogP contribution in [0.5, 0.6) is 0 Å². The third-order valence-corrected chi connectivity index (χ3v) is 2.56. The number of hydrogen-bond acceptors (Lipinski definition) is 2. The molecule has 0 radical (unpaired) electrons. The van der Waals surface area contributed by atoms with E-state index in [0.717, 1.165) is 5.56 Å². The van der Waals surface area contributed by atoms with Gasteiger partial charge in [0.25, 0.3) is 0 Å². The SMILES string of the molecule is C=C(C)C(=O)C(C)C(N)c1ccccc1. The molecule has 15 heavy (non-hydrogen) atoms. The Morgan fingerprint density at radius 3 is 2.33 bits per heavy atom. The van der Waals surface area contributed by atoms with Crippen LogP contribution in [0.1, 0.15) is 25.5 Å². The van der Waals surface area contributed by atoms with Crippen LogP contribution in [0, 0.1) is 5.92 Å². The first kappa shape index (κ1) is 11.7. The fourth-order valence-electron chi connectivity index (χ4n) is 1.52. The summed E-state index contributed by atoms with van der Waals surface area (Å²) in [5, 5.41) is 0. The molecule has 0 amide bonds. The minimum Gasteiger partial charge on any atom is -0.323 e. The normalized spacial score (nSPS) is 14.3. The van der Waals surface area contributed by atoms with Crippen molar-refractivity contribution in [2.45, 2.75) is 19.9 Å². The predicted molar refractivity (Wildman–Crippen MR) is 62.4 cm³/mol. The molecule has 0 aliphatic rings. The number of hydrogen-bond donors (Lipinski definition) is 1. The monoisotopic (exact) mass is 203 g/mol. The molecule has 0 saturated heterocycles. The van der Waals surface area contributed by atoms with Crippen molar-refractivity contribution in [2.75, 3.05) is 0 Å². The lowest BCUT2D eigenvalue weighted by Gasteiger charge is -2.19. The van der Waals surface area contributed by atoms with E-state index in [0.29, 0.717) is 5.57 Å². The largest absolute Gasteiger partial charge is 0.323 e. The second-order valence-electron chi connectivity index (χ2n) is 3.87. The fraction of sp³-hybridized carbons (Fsp3) is 0.308. The summed E-state index contributed by atoms with van der Waals surface area (Å²) in [4.78, 5) is 11.7. The Kier molecular flexibility index (Phi) is 3.81. The van der Waals surface area contributed by atoms with Gasteiger partial charge < -0.3 is 5.73 Å². The molecule has 80 valence electrons. The van der Waals surface area contributed by atoms with E-state index in [1.54, 1.807) is 6.92 Å². The lowest BCUT2D eigenvalue weighted by Crippen LogP contribution is -2.26. The molecule has 2 N–H and O–H groups in total. The summed E-state index contributed by atoms with van der Waals surface area (Å²) in [6.45, 7) is 7.21. The van der Waals surface area contributed by atoms with Gasteiger partial charge in [-0.3, -0.25) is 4.79 Å². The molecule has 2 nitrogen and oxygen atoms in total. The lowest BCUT2D eigenvalue weighted by molar-refractivity contribution is -0.119. The van der Waals surface area contributed by atoms with Crippen molar-refractivity contribution >= 4 is 5.78 Å². The predicted octanol–water partition coefficient (Wildman–Crippen LogP) is 2.47. The number of benzene rings is 1. The Morgan fingerprint density at radius 2 is 1.87 bits per heavy atom. The standard InChI is InChI=1S/C13H17NO/c1-9(2)13(15)10(3)12(14)11-7-5-4-6-8-11/h4-8,10,12H,1,14H2,2-3H3. The number of rotatable bonds is 4. The van der Waals surface area contributed by atoms with Crippen molar-refractivity contribution in [1.82, 2.24) is 0 Å². The quantitative estimate of drug-likeness (QED) is 0.764. The second kappa shape index (κ2) is 4.89. The molecule has 2 unspecified atom stereocenters. The van der Waals surface area contributed by atoms with E-state index >= 15 is 0 Å².